The molecule has 1 unspecified atom stereocenters. The summed E-state index contributed by atoms with van der Waals surface area (Å²) in [7, 11) is 0. The first-order valence-corrected chi connectivity index (χ1v) is 8.07. The second-order valence-corrected chi connectivity index (χ2v) is 5.81. The van der Waals surface area contributed by atoms with Gasteiger partial charge < -0.3 is 10.2 Å². The summed E-state index contributed by atoms with van der Waals surface area (Å²) in [6, 6.07) is 8.66. The average molecular weight is 284 g/mol. The molecule has 2 aromatic rings. The molecule has 0 bridgehead atoms. The molecule has 0 spiro atoms. The van der Waals surface area contributed by atoms with E-state index in [1.54, 1.807) is 0 Å². The molecule has 0 aliphatic carbocycles. The van der Waals surface area contributed by atoms with E-state index in [9.17, 15) is 0 Å². The van der Waals surface area contributed by atoms with Crippen LogP contribution in [0.25, 0.3) is 11.0 Å². The van der Waals surface area contributed by atoms with Crippen LogP contribution in [0.3, 0.4) is 0 Å². The number of rotatable bonds is 5. The smallest absolute Gasteiger partial charge is 0.147 e. The molecule has 1 N–H and O–H groups in total. The second-order valence-electron chi connectivity index (χ2n) is 5.81. The minimum atomic E-state index is 0.582. The highest BCUT2D eigenvalue weighted by molar-refractivity contribution is 5.75. The number of fused-ring (bicyclic) bond motifs is 1. The quantitative estimate of drug-likeness (QED) is 0.916. The van der Waals surface area contributed by atoms with Gasteiger partial charge in [0.25, 0.3) is 0 Å². The molecule has 4 heteroatoms. The third-order valence-electron chi connectivity index (χ3n) is 4.11. The Kier molecular flexibility index (Phi) is 4.65. The van der Waals surface area contributed by atoms with Gasteiger partial charge >= 0.3 is 0 Å². The van der Waals surface area contributed by atoms with Crippen LogP contribution in [0.2, 0.25) is 0 Å². The lowest BCUT2D eigenvalue weighted by Crippen LogP contribution is -2.44. The van der Waals surface area contributed by atoms with Crippen LogP contribution >= 0.6 is 0 Å². The maximum atomic E-state index is 4.80. The fourth-order valence-corrected chi connectivity index (χ4v) is 3.01. The first-order valence-electron chi connectivity index (χ1n) is 8.07. The average Bonchev–Trinajstić information content (AvgIpc) is 2.55. The van der Waals surface area contributed by atoms with Gasteiger partial charge in [-0.1, -0.05) is 25.5 Å². The molecule has 1 saturated heterocycles. The molecular weight excluding hydrogens is 260 g/mol. The number of nitrogens with one attached hydrogen (secondary N) is 1. The molecule has 1 aromatic carbocycles. The van der Waals surface area contributed by atoms with E-state index in [1.165, 1.54) is 19.3 Å². The summed E-state index contributed by atoms with van der Waals surface area (Å²) in [5, 5.41) is 3.63. The molecule has 3 rings (SSSR count). The molecule has 0 radical (unpaired) electrons. The molecule has 1 aromatic heterocycles. The largest absolute Gasteiger partial charge is 0.354 e. The van der Waals surface area contributed by atoms with E-state index in [4.69, 9.17) is 4.98 Å². The maximum absolute atomic E-state index is 4.80. The fraction of sp³-hybridized carbons (Fsp3) is 0.529. The second kappa shape index (κ2) is 6.85. The lowest BCUT2D eigenvalue weighted by atomic mass is 10.0. The van der Waals surface area contributed by atoms with E-state index in [2.05, 4.69) is 22.1 Å². The zero-order valence-corrected chi connectivity index (χ0v) is 12.8. The monoisotopic (exact) mass is 284 g/mol. The third-order valence-corrected chi connectivity index (χ3v) is 4.11. The minimum Gasteiger partial charge on any atom is -0.354 e. The number of para-hydroxylation sites is 2. The number of benzene rings is 1. The number of nitrogens with zero attached hydrogens (tertiary/aromatic N) is 3. The van der Waals surface area contributed by atoms with Gasteiger partial charge in [-0.05, 0) is 37.9 Å². The molecule has 1 aliphatic heterocycles. The summed E-state index contributed by atoms with van der Waals surface area (Å²) in [6.45, 7) is 5.43. The Morgan fingerprint density at radius 3 is 2.86 bits per heavy atom. The van der Waals surface area contributed by atoms with Crippen molar-refractivity contribution in [3.8, 4) is 0 Å². The Bertz CT molecular complexity index is 578. The van der Waals surface area contributed by atoms with Crippen molar-refractivity contribution in [2.75, 3.05) is 24.5 Å². The van der Waals surface area contributed by atoms with E-state index >= 15 is 0 Å². The van der Waals surface area contributed by atoms with E-state index in [0.29, 0.717) is 6.04 Å². The van der Waals surface area contributed by atoms with Gasteiger partial charge in [-0.3, -0.25) is 4.98 Å². The molecule has 2 heterocycles. The highest BCUT2D eigenvalue weighted by Crippen LogP contribution is 2.17. The summed E-state index contributed by atoms with van der Waals surface area (Å²) in [4.78, 5) is 11.7. The van der Waals surface area contributed by atoms with Crippen molar-refractivity contribution in [1.82, 2.24) is 15.3 Å². The fourth-order valence-electron chi connectivity index (χ4n) is 3.01. The lowest BCUT2D eigenvalue weighted by molar-refractivity contribution is 0.398. The van der Waals surface area contributed by atoms with E-state index in [-0.39, 0.29) is 0 Å². The van der Waals surface area contributed by atoms with Gasteiger partial charge in [0.2, 0.25) is 0 Å². The SMILES string of the molecule is CCCN(CC1CCCCN1)c1cnc2ccccc2n1. The number of aromatic nitrogens is 2. The zero-order chi connectivity index (χ0) is 14.5. The highest BCUT2D eigenvalue weighted by atomic mass is 15.2. The Balaban J connectivity index is 1.80. The van der Waals surface area contributed by atoms with E-state index in [1.807, 2.05) is 30.5 Å². The van der Waals surface area contributed by atoms with Crippen molar-refractivity contribution in [2.24, 2.45) is 0 Å². The zero-order valence-electron chi connectivity index (χ0n) is 12.8. The van der Waals surface area contributed by atoms with Gasteiger partial charge in [0, 0.05) is 19.1 Å². The molecule has 21 heavy (non-hydrogen) atoms. The number of hydrogen-bond donors (Lipinski definition) is 1. The molecule has 4 nitrogen and oxygen atoms in total. The van der Waals surface area contributed by atoms with Crippen LogP contribution in [0.1, 0.15) is 32.6 Å². The van der Waals surface area contributed by atoms with Gasteiger partial charge in [0.15, 0.2) is 0 Å². The molecule has 1 fully saturated rings. The number of hydrogen-bond acceptors (Lipinski definition) is 4. The lowest BCUT2D eigenvalue weighted by Gasteiger charge is -2.31. The van der Waals surface area contributed by atoms with Gasteiger partial charge in [0.05, 0.1) is 17.2 Å². The predicted molar refractivity (Wildman–Crippen MR) is 87.7 cm³/mol. The molecule has 0 amide bonds. The number of anilines is 1. The first kappa shape index (κ1) is 14.3. The van der Waals surface area contributed by atoms with E-state index in [0.717, 1.165) is 42.9 Å². The molecular formula is C17H24N4. The van der Waals surface area contributed by atoms with Crippen LogP contribution in [0.5, 0.6) is 0 Å². The summed E-state index contributed by atoms with van der Waals surface area (Å²) in [6.07, 6.45) is 6.95. The maximum Gasteiger partial charge on any atom is 0.147 e. The predicted octanol–water partition coefficient (Wildman–Crippen LogP) is 2.99. The molecule has 1 atom stereocenters. The van der Waals surface area contributed by atoms with Crippen molar-refractivity contribution in [1.29, 1.82) is 0 Å². The van der Waals surface area contributed by atoms with Gasteiger partial charge in [-0.15, -0.1) is 0 Å². The van der Waals surface area contributed by atoms with Crippen LogP contribution in [0.4, 0.5) is 5.82 Å². The van der Waals surface area contributed by atoms with Crippen molar-refractivity contribution in [3.05, 3.63) is 30.5 Å². The summed E-state index contributed by atoms with van der Waals surface area (Å²) in [5.41, 5.74) is 1.95. The molecule has 1 aliphatic rings. The normalized spacial score (nSPS) is 18.8. The Labute approximate surface area is 126 Å². The summed E-state index contributed by atoms with van der Waals surface area (Å²) < 4.78 is 0. The number of piperidine rings is 1. The Morgan fingerprint density at radius 2 is 2.10 bits per heavy atom. The third kappa shape index (κ3) is 3.50. The topological polar surface area (TPSA) is 41.0 Å². The van der Waals surface area contributed by atoms with Crippen molar-refractivity contribution in [2.45, 2.75) is 38.6 Å². The van der Waals surface area contributed by atoms with Crippen molar-refractivity contribution >= 4 is 16.9 Å². The highest BCUT2D eigenvalue weighted by Gasteiger charge is 2.17. The Hall–Kier alpha value is -1.68. The standard InChI is InChI=1S/C17H24N4/c1-2-11-21(13-14-7-5-6-10-18-14)17-12-19-15-8-3-4-9-16(15)20-17/h3-4,8-9,12,14,18H,2,5-7,10-11,13H2,1H3. The van der Waals surface area contributed by atoms with Crippen LogP contribution < -0.4 is 10.2 Å². The van der Waals surface area contributed by atoms with Gasteiger partial charge in [-0.25, -0.2) is 4.98 Å². The molecule has 0 saturated carbocycles. The van der Waals surface area contributed by atoms with Gasteiger partial charge in [-0.2, -0.15) is 0 Å². The Morgan fingerprint density at radius 1 is 1.24 bits per heavy atom. The van der Waals surface area contributed by atoms with Crippen LogP contribution in [-0.2, 0) is 0 Å². The van der Waals surface area contributed by atoms with Crippen molar-refractivity contribution in [3.63, 3.8) is 0 Å². The summed E-state index contributed by atoms with van der Waals surface area (Å²) in [5.74, 6) is 1.00. The summed E-state index contributed by atoms with van der Waals surface area (Å²) >= 11 is 0. The van der Waals surface area contributed by atoms with E-state index < -0.39 is 0 Å². The minimum absolute atomic E-state index is 0.582. The first-order chi connectivity index (χ1) is 10.4. The van der Waals surface area contributed by atoms with Crippen molar-refractivity contribution < 1.29 is 0 Å². The van der Waals surface area contributed by atoms with Crippen LogP contribution in [0.15, 0.2) is 30.5 Å². The van der Waals surface area contributed by atoms with Crippen LogP contribution in [-0.4, -0.2) is 35.6 Å². The van der Waals surface area contributed by atoms with Crippen LogP contribution in [0, 0.1) is 0 Å². The van der Waals surface area contributed by atoms with Gasteiger partial charge in [0.1, 0.15) is 5.82 Å². The molecule has 112 valence electrons.